The second-order valence-electron chi connectivity index (χ2n) is 5.97. The molecular formula is C19H15F3N4O7. The number of rotatable bonds is 2. The number of halogens is 3. The minimum atomic E-state index is -4.57. The maximum Gasteiger partial charge on any atom is 0.503 e. The second kappa shape index (κ2) is 10.0. The molecule has 3 aromatic heterocycles. The van der Waals surface area contributed by atoms with Gasteiger partial charge in [0.25, 0.3) is 0 Å². The molecule has 0 aliphatic heterocycles. The van der Waals surface area contributed by atoms with Gasteiger partial charge in [-0.3, -0.25) is 0 Å². The van der Waals surface area contributed by atoms with Crippen molar-refractivity contribution in [1.29, 1.82) is 0 Å². The van der Waals surface area contributed by atoms with E-state index >= 15 is 0 Å². The van der Waals surface area contributed by atoms with Crippen molar-refractivity contribution in [3.8, 4) is 17.1 Å². The van der Waals surface area contributed by atoms with Gasteiger partial charge in [0.05, 0.1) is 12.0 Å². The lowest BCUT2D eigenvalue weighted by Crippen LogP contribution is -2.07. The molecule has 4 rings (SSSR count). The first-order chi connectivity index (χ1) is 15.4. The Morgan fingerprint density at radius 2 is 1.64 bits per heavy atom. The highest BCUT2D eigenvalue weighted by molar-refractivity contribution is 5.92. The van der Waals surface area contributed by atoms with E-state index < -0.39 is 24.2 Å². The topological polar surface area (TPSA) is 185 Å². The van der Waals surface area contributed by atoms with Crippen LogP contribution in [-0.2, 0) is 6.18 Å². The smallest absolute Gasteiger partial charge is 0.463 e. The first kappa shape index (κ1) is 24.5. The van der Waals surface area contributed by atoms with Gasteiger partial charge in [0, 0.05) is 17.6 Å². The summed E-state index contributed by atoms with van der Waals surface area (Å²) < 4.78 is 45.8. The average Bonchev–Trinajstić information content (AvgIpc) is 3.37. The number of carboxylic acid groups (broad SMARTS) is 4. The Balaban J connectivity index is 0.000000420. The molecule has 33 heavy (non-hydrogen) atoms. The predicted molar refractivity (Wildman–Crippen MR) is 107 cm³/mol. The summed E-state index contributed by atoms with van der Waals surface area (Å²) in [4.78, 5) is 21.1. The number of benzene rings is 1. The third kappa shape index (κ3) is 6.61. The fourth-order valence-corrected chi connectivity index (χ4v) is 2.63. The van der Waals surface area contributed by atoms with Crippen LogP contribution in [0.1, 0.15) is 5.69 Å². The molecule has 4 aromatic rings. The van der Waals surface area contributed by atoms with Gasteiger partial charge < -0.3 is 30.6 Å². The van der Waals surface area contributed by atoms with Gasteiger partial charge in [-0.2, -0.15) is 18.3 Å². The van der Waals surface area contributed by atoms with E-state index in [1.807, 2.05) is 0 Å². The molecule has 174 valence electrons. The molecule has 0 atom stereocenters. The molecule has 0 bridgehead atoms. The van der Waals surface area contributed by atoms with E-state index in [0.717, 1.165) is 11.5 Å². The summed E-state index contributed by atoms with van der Waals surface area (Å²) in [6.45, 7) is 0. The van der Waals surface area contributed by atoms with Crippen molar-refractivity contribution in [3.63, 3.8) is 0 Å². The average molecular weight is 468 g/mol. The Hall–Kier alpha value is -4.75. The highest BCUT2D eigenvalue weighted by Crippen LogP contribution is 2.34. The Morgan fingerprint density at radius 1 is 1.00 bits per heavy atom. The SMILES string of the molecule is Nc1nccc2ccc(-n3nc(C(F)(F)F)cc3-c3ccco3)cc12.O=C(O)O.O=C(O)O. The maximum absolute atomic E-state index is 13.1. The van der Waals surface area contributed by atoms with Crippen molar-refractivity contribution in [2.45, 2.75) is 6.18 Å². The summed E-state index contributed by atoms with van der Waals surface area (Å²) in [6, 6.07) is 11.0. The third-order valence-electron chi connectivity index (χ3n) is 3.80. The van der Waals surface area contributed by atoms with E-state index in [9.17, 15) is 13.2 Å². The van der Waals surface area contributed by atoms with Crippen LogP contribution in [0.4, 0.5) is 28.6 Å². The minimum Gasteiger partial charge on any atom is -0.463 e. The summed E-state index contributed by atoms with van der Waals surface area (Å²) >= 11 is 0. The number of nitrogens with two attached hydrogens (primary N) is 1. The van der Waals surface area contributed by atoms with Crippen LogP contribution in [-0.4, -0.2) is 47.5 Å². The van der Waals surface area contributed by atoms with Crippen molar-refractivity contribution in [1.82, 2.24) is 14.8 Å². The number of aromatic nitrogens is 3. The van der Waals surface area contributed by atoms with Crippen molar-refractivity contribution >= 4 is 28.9 Å². The van der Waals surface area contributed by atoms with Gasteiger partial charge in [0.1, 0.15) is 11.5 Å². The monoisotopic (exact) mass is 468 g/mol. The first-order valence-corrected chi connectivity index (χ1v) is 8.59. The number of nitrogens with zero attached hydrogens (tertiary/aromatic N) is 3. The number of nitrogen functional groups attached to an aromatic ring is 1. The Labute approximate surface area is 181 Å². The van der Waals surface area contributed by atoms with Crippen molar-refractivity contribution in [2.24, 2.45) is 0 Å². The van der Waals surface area contributed by atoms with Crippen LogP contribution in [0.3, 0.4) is 0 Å². The Morgan fingerprint density at radius 3 is 2.18 bits per heavy atom. The second-order valence-corrected chi connectivity index (χ2v) is 5.97. The largest absolute Gasteiger partial charge is 0.503 e. The van der Waals surface area contributed by atoms with E-state index in [1.165, 1.54) is 10.9 Å². The zero-order valence-corrected chi connectivity index (χ0v) is 16.3. The van der Waals surface area contributed by atoms with Crippen LogP contribution >= 0.6 is 0 Å². The molecule has 6 N–H and O–H groups in total. The van der Waals surface area contributed by atoms with Gasteiger partial charge in [-0.05, 0) is 35.7 Å². The van der Waals surface area contributed by atoms with Crippen LogP contribution in [0, 0.1) is 0 Å². The molecule has 14 heteroatoms. The highest BCUT2D eigenvalue weighted by Gasteiger charge is 2.35. The van der Waals surface area contributed by atoms with Crippen LogP contribution in [0.5, 0.6) is 0 Å². The van der Waals surface area contributed by atoms with Gasteiger partial charge in [-0.1, -0.05) is 6.07 Å². The molecule has 3 heterocycles. The lowest BCUT2D eigenvalue weighted by atomic mass is 10.1. The molecule has 0 spiro atoms. The van der Waals surface area contributed by atoms with Gasteiger partial charge in [-0.25, -0.2) is 19.3 Å². The molecular weight excluding hydrogens is 453 g/mol. The van der Waals surface area contributed by atoms with E-state index in [4.69, 9.17) is 40.2 Å². The number of anilines is 1. The van der Waals surface area contributed by atoms with Gasteiger partial charge in [0.2, 0.25) is 0 Å². The quantitative estimate of drug-likeness (QED) is 0.275. The number of furan rings is 1. The zero-order chi connectivity index (χ0) is 24.8. The minimum absolute atomic E-state index is 0.194. The van der Waals surface area contributed by atoms with Gasteiger partial charge in [-0.15, -0.1) is 0 Å². The fourth-order valence-electron chi connectivity index (χ4n) is 2.63. The Bertz CT molecular complexity index is 1230. The molecule has 0 saturated heterocycles. The van der Waals surface area contributed by atoms with E-state index in [1.54, 1.807) is 42.6 Å². The molecule has 0 radical (unpaired) electrons. The van der Waals surface area contributed by atoms with E-state index in [2.05, 4.69) is 10.1 Å². The molecule has 1 aromatic carbocycles. The summed E-state index contributed by atoms with van der Waals surface area (Å²) in [7, 11) is 0. The third-order valence-corrected chi connectivity index (χ3v) is 3.80. The molecule has 11 nitrogen and oxygen atoms in total. The predicted octanol–water partition coefficient (Wildman–Crippen LogP) is 4.73. The molecule has 0 fully saturated rings. The molecule has 0 unspecified atom stereocenters. The number of hydrogen-bond donors (Lipinski definition) is 5. The van der Waals surface area contributed by atoms with Crippen molar-refractivity contribution < 1.29 is 47.6 Å². The maximum atomic E-state index is 13.1. The number of carbonyl (C=O) groups is 2. The standard InChI is InChI=1S/C17H11F3N4O.2CH2O3/c18-17(19,20)15-9-13(14-2-1-7-25-14)24(23-15)11-4-3-10-5-6-22-16(21)12(10)8-11;2*2-1(3)4/h1-9H,(H2,21,22);2*(H2,2,3,4). The fraction of sp³-hybridized carbons (Fsp3) is 0.0526. The van der Waals surface area contributed by atoms with Gasteiger partial charge >= 0.3 is 18.5 Å². The molecule has 0 amide bonds. The lowest BCUT2D eigenvalue weighted by molar-refractivity contribution is -0.141. The Kier molecular flexibility index (Phi) is 7.46. The van der Waals surface area contributed by atoms with Crippen LogP contribution in [0.2, 0.25) is 0 Å². The zero-order valence-electron chi connectivity index (χ0n) is 16.3. The number of fused-ring (bicyclic) bond motifs is 1. The van der Waals surface area contributed by atoms with Crippen LogP contribution in [0.15, 0.2) is 59.3 Å². The van der Waals surface area contributed by atoms with Crippen LogP contribution in [0.25, 0.3) is 27.9 Å². The van der Waals surface area contributed by atoms with Crippen molar-refractivity contribution in [2.75, 3.05) is 5.73 Å². The summed E-state index contributed by atoms with van der Waals surface area (Å²) in [6.07, 6.45) is -5.27. The molecule has 0 aliphatic carbocycles. The number of hydrogen-bond acceptors (Lipinski definition) is 6. The highest BCUT2D eigenvalue weighted by atomic mass is 19.4. The van der Waals surface area contributed by atoms with E-state index in [0.29, 0.717) is 16.9 Å². The van der Waals surface area contributed by atoms with E-state index in [-0.39, 0.29) is 11.5 Å². The first-order valence-electron chi connectivity index (χ1n) is 8.59. The summed E-state index contributed by atoms with van der Waals surface area (Å²) in [5.74, 6) is 0.573. The number of pyridine rings is 1. The van der Waals surface area contributed by atoms with Crippen molar-refractivity contribution in [3.05, 3.63) is 60.6 Å². The molecule has 0 saturated carbocycles. The summed E-state index contributed by atoms with van der Waals surface area (Å²) in [5.41, 5.74) is 5.49. The normalized spacial score (nSPS) is 10.5. The van der Waals surface area contributed by atoms with Gasteiger partial charge in [0.15, 0.2) is 11.5 Å². The summed E-state index contributed by atoms with van der Waals surface area (Å²) in [5, 5.41) is 33.1. The number of alkyl halides is 3. The lowest BCUT2D eigenvalue weighted by Gasteiger charge is -2.08. The molecule has 0 aliphatic rings. The van der Waals surface area contributed by atoms with Crippen LogP contribution < -0.4 is 5.73 Å².